The van der Waals surface area contributed by atoms with Crippen LogP contribution in [0.5, 0.6) is 0 Å². The molecule has 0 unspecified atom stereocenters. The fourth-order valence-electron chi connectivity index (χ4n) is 2.22. The Bertz CT molecular complexity index is 1130. The van der Waals surface area contributed by atoms with E-state index in [2.05, 4.69) is 15.0 Å². The SMILES string of the molecule is N#CC(=C=N)N=C1N=C(n2cnc3ccccc32)C(C#N)=C1C#N. The molecule has 0 saturated carbocycles. The zero-order valence-electron chi connectivity index (χ0n) is 12.0. The molecule has 1 aliphatic heterocycles. The number of rotatable bonds is 1. The number of amidine groups is 1. The van der Waals surface area contributed by atoms with Crippen LogP contribution in [0, 0.1) is 39.4 Å². The van der Waals surface area contributed by atoms with Crippen LogP contribution in [0.2, 0.25) is 0 Å². The van der Waals surface area contributed by atoms with Crippen molar-refractivity contribution in [1.29, 1.82) is 21.2 Å². The van der Waals surface area contributed by atoms with Crippen LogP contribution in [0.3, 0.4) is 0 Å². The van der Waals surface area contributed by atoms with Crippen molar-refractivity contribution in [1.82, 2.24) is 9.55 Å². The maximum absolute atomic E-state index is 9.42. The minimum atomic E-state index is -0.337. The number of hydrogen-bond acceptors (Lipinski definition) is 6. The number of para-hydroxylation sites is 2. The lowest BCUT2D eigenvalue weighted by molar-refractivity contribution is 1.17. The summed E-state index contributed by atoms with van der Waals surface area (Å²) in [6.45, 7) is 0. The highest BCUT2D eigenvalue weighted by atomic mass is 15.1. The van der Waals surface area contributed by atoms with Crippen LogP contribution in [0.4, 0.5) is 0 Å². The van der Waals surface area contributed by atoms with Crippen molar-refractivity contribution in [2.24, 2.45) is 9.98 Å². The second-order valence-electron chi connectivity index (χ2n) is 4.53. The van der Waals surface area contributed by atoms with Gasteiger partial charge in [0, 0.05) is 5.87 Å². The smallest absolute Gasteiger partial charge is 0.203 e. The highest BCUT2D eigenvalue weighted by molar-refractivity contribution is 6.26. The zero-order chi connectivity index (χ0) is 17.1. The number of nitrogens with zero attached hydrogens (tertiary/aromatic N) is 7. The summed E-state index contributed by atoms with van der Waals surface area (Å²) >= 11 is 0. The monoisotopic (exact) mass is 310 g/mol. The predicted molar refractivity (Wildman–Crippen MR) is 85.1 cm³/mol. The van der Waals surface area contributed by atoms with Gasteiger partial charge in [-0.2, -0.15) is 15.8 Å². The van der Waals surface area contributed by atoms with Crippen molar-refractivity contribution in [3.8, 4) is 18.2 Å². The summed E-state index contributed by atoms with van der Waals surface area (Å²) in [6.07, 6.45) is 1.50. The predicted octanol–water partition coefficient (Wildman–Crippen LogP) is 1.69. The van der Waals surface area contributed by atoms with Gasteiger partial charge in [-0.1, -0.05) is 12.1 Å². The molecule has 8 heteroatoms. The molecule has 0 atom stereocenters. The van der Waals surface area contributed by atoms with Gasteiger partial charge in [0.1, 0.15) is 35.7 Å². The van der Waals surface area contributed by atoms with Crippen LogP contribution in [-0.4, -0.2) is 27.1 Å². The third-order valence-electron chi connectivity index (χ3n) is 3.26. The van der Waals surface area contributed by atoms with Crippen molar-refractivity contribution in [3.63, 3.8) is 0 Å². The second kappa shape index (κ2) is 5.82. The lowest BCUT2D eigenvalue weighted by Crippen LogP contribution is -2.11. The zero-order valence-corrected chi connectivity index (χ0v) is 12.0. The molecule has 3 rings (SSSR count). The maximum atomic E-state index is 9.42. The standard InChI is InChI=1S/C16H6N8/c17-5-10(6-18)22-15-11(7-19)12(8-20)16(23-15)24-9-21-13-3-1-2-4-14(13)24/h1-4,9,17H. The van der Waals surface area contributed by atoms with Gasteiger partial charge in [0.15, 0.2) is 11.7 Å². The second-order valence-corrected chi connectivity index (χ2v) is 4.53. The van der Waals surface area contributed by atoms with Crippen LogP contribution in [-0.2, 0) is 0 Å². The van der Waals surface area contributed by atoms with E-state index in [4.69, 9.17) is 10.7 Å². The Morgan fingerprint density at radius 3 is 2.54 bits per heavy atom. The van der Waals surface area contributed by atoms with Crippen LogP contribution in [0.1, 0.15) is 0 Å². The molecule has 1 aromatic heterocycles. The molecule has 2 heterocycles. The molecule has 1 aromatic carbocycles. The number of aromatic nitrogens is 2. The number of benzene rings is 1. The molecule has 1 aliphatic rings. The number of aliphatic imine (C=N–C) groups is 2. The highest BCUT2D eigenvalue weighted by Crippen LogP contribution is 2.22. The van der Waals surface area contributed by atoms with E-state index in [1.165, 1.54) is 6.33 Å². The lowest BCUT2D eigenvalue weighted by Gasteiger charge is -2.02. The Morgan fingerprint density at radius 1 is 1.12 bits per heavy atom. The molecular formula is C16H6N8. The summed E-state index contributed by atoms with van der Waals surface area (Å²) in [6, 6.07) is 12.7. The minimum absolute atomic E-state index is 0.0293. The van der Waals surface area contributed by atoms with E-state index in [1.54, 1.807) is 16.7 Å². The van der Waals surface area contributed by atoms with Crippen molar-refractivity contribution < 1.29 is 0 Å². The first-order valence-corrected chi connectivity index (χ1v) is 6.58. The molecule has 8 nitrogen and oxygen atoms in total. The molecule has 0 fully saturated rings. The van der Waals surface area contributed by atoms with E-state index in [1.807, 2.05) is 36.2 Å². The topological polar surface area (TPSA) is 138 Å². The van der Waals surface area contributed by atoms with Gasteiger partial charge in [-0.15, -0.1) is 0 Å². The van der Waals surface area contributed by atoms with Gasteiger partial charge in [-0.05, 0) is 12.1 Å². The normalized spacial score (nSPS) is 14.7. The molecule has 0 aliphatic carbocycles. The number of imidazole rings is 1. The highest BCUT2D eigenvalue weighted by Gasteiger charge is 2.28. The molecular weight excluding hydrogens is 304 g/mol. The van der Waals surface area contributed by atoms with Crippen molar-refractivity contribution in [2.75, 3.05) is 0 Å². The van der Waals surface area contributed by atoms with Crippen LogP contribution in [0.25, 0.3) is 11.0 Å². The molecule has 0 saturated heterocycles. The first-order chi connectivity index (χ1) is 11.7. The van der Waals surface area contributed by atoms with Gasteiger partial charge < -0.3 is 0 Å². The van der Waals surface area contributed by atoms with E-state index in [9.17, 15) is 10.5 Å². The van der Waals surface area contributed by atoms with Crippen LogP contribution < -0.4 is 0 Å². The Labute approximate surface area is 135 Å². The maximum Gasteiger partial charge on any atom is 0.203 e. The quantitative estimate of drug-likeness (QED) is 0.632. The number of nitriles is 3. The van der Waals surface area contributed by atoms with Gasteiger partial charge >= 0.3 is 0 Å². The molecule has 2 aromatic rings. The largest absolute Gasteiger partial charge is 0.282 e. The van der Waals surface area contributed by atoms with Crippen LogP contribution in [0.15, 0.2) is 57.4 Å². The molecule has 0 amide bonds. The summed E-state index contributed by atoms with van der Waals surface area (Å²) < 4.78 is 1.58. The van der Waals surface area contributed by atoms with Gasteiger partial charge in [0.25, 0.3) is 0 Å². The first kappa shape index (κ1) is 14.6. The lowest BCUT2D eigenvalue weighted by atomic mass is 10.1. The van der Waals surface area contributed by atoms with Crippen molar-refractivity contribution >= 4 is 28.6 Å². The fraction of sp³-hybridized carbons (Fsp3) is 0. The molecule has 0 radical (unpaired) electrons. The van der Waals surface area contributed by atoms with Gasteiger partial charge in [0.05, 0.1) is 11.0 Å². The number of hydrogen-bond donors (Lipinski definition) is 1. The van der Waals surface area contributed by atoms with E-state index >= 15 is 0 Å². The van der Waals surface area contributed by atoms with E-state index < -0.39 is 0 Å². The Balaban J connectivity index is 2.27. The van der Waals surface area contributed by atoms with E-state index in [0.717, 1.165) is 0 Å². The summed E-state index contributed by atoms with van der Waals surface area (Å²) in [4.78, 5) is 12.2. The molecule has 0 spiro atoms. The molecule has 0 bridgehead atoms. The van der Waals surface area contributed by atoms with Crippen molar-refractivity contribution in [3.05, 3.63) is 47.4 Å². The number of fused-ring (bicyclic) bond motifs is 1. The van der Waals surface area contributed by atoms with Gasteiger partial charge in [-0.3, -0.25) is 9.98 Å². The molecule has 1 N–H and O–H groups in total. The molecule has 110 valence electrons. The fourth-order valence-corrected chi connectivity index (χ4v) is 2.22. The third kappa shape index (κ3) is 2.17. The van der Waals surface area contributed by atoms with E-state index in [0.29, 0.717) is 11.0 Å². The summed E-state index contributed by atoms with van der Waals surface area (Å²) in [5, 5.41) is 34.6. The molecule has 24 heavy (non-hydrogen) atoms. The van der Waals surface area contributed by atoms with Crippen LogP contribution >= 0.6 is 0 Å². The third-order valence-corrected chi connectivity index (χ3v) is 3.26. The Hall–Kier alpha value is -4.31. The Morgan fingerprint density at radius 2 is 1.88 bits per heavy atom. The average Bonchev–Trinajstić information content (AvgIpc) is 3.19. The summed E-state index contributed by atoms with van der Waals surface area (Å²) in [5.74, 6) is 1.95. The first-order valence-electron chi connectivity index (χ1n) is 6.58. The summed E-state index contributed by atoms with van der Waals surface area (Å²) in [7, 11) is 0. The number of nitrogens with one attached hydrogen (secondary N) is 1. The minimum Gasteiger partial charge on any atom is -0.282 e. The summed E-state index contributed by atoms with van der Waals surface area (Å²) in [5.41, 5.74) is 1.05. The van der Waals surface area contributed by atoms with Gasteiger partial charge in [-0.25, -0.2) is 15.0 Å². The average molecular weight is 310 g/mol. The van der Waals surface area contributed by atoms with Gasteiger partial charge in [0.2, 0.25) is 5.70 Å². The Kier molecular flexibility index (Phi) is 3.55. The van der Waals surface area contributed by atoms with E-state index in [-0.39, 0.29) is 28.5 Å². The number of allylic oxidation sites excluding steroid dienone is 2. The van der Waals surface area contributed by atoms with Crippen molar-refractivity contribution in [2.45, 2.75) is 0 Å².